The standard InChI is InChI=1S/C37H62N6O8.C3H8/c1-11-24(4)33(42(8)31(45)22-38-37(48)32(23(2)3)41(6)7)29(50-9)21-30(44)43-19-15-18-28(43)34(51-10)25(5)35(46)39-27(36(47)40-49)20-26-16-13-12-14-17-26;1-3-2/h12-14,16-17,23-25,27-29,32-34,49H,11,15,18-22H2,1-10H3,(H,38,48)(H,39,46)(H,40,47);3H2,1-2H3. The molecule has 1 saturated heterocycles. The minimum Gasteiger partial charge on any atom is -0.379 e. The van der Waals surface area contributed by atoms with Gasteiger partial charge in [-0.3, -0.25) is 34.1 Å². The van der Waals surface area contributed by atoms with E-state index in [2.05, 4.69) is 24.5 Å². The van der Waals surface area contributed by atoms with Crippen LogP contribution in [0.4, 0.5) is 0 Å². The molecule has 4 N–H and O–H groups in total. The van der Waals surface area contributed by atoms with Gasteiger partial charge in [-0.25, -0.2) is 5.48 Å². The largest absolute Gasteiger partial charge is 0.379 e. The summed E-state index contributed by atoms with van der Waals surface area (Å²) in [6.45, 7) is 14.2. The first-order valence-corrected chi connectivity index (χ1v) is 19.4. The van der Waals surface area contributed by atoms with E-state index in [1.165, 1.54) is 20.6 Å². The van der Waals surface area contributed by atoms with Crippen molar-refractivity contribution in [2.24, 2.45) is 17.8 Å². The molecule has 0 aromatic heterocycles. The Kier molecular flexibility index (Phi) is 22.2. The predicted molar refractivity (Wildman–Crippen MR) is 209 cm³/mol. The number of hydrogen-bond donors (Lipinski definition) is 4. The summed E-state index contributed by atoms with van der Waals surface area (Å²) in [5.41, 5.74) is 2.44. The van der Waals surface area contributed by atoms with Crippen molar-refractivity contribution in [3.05, 3.63) is 35.9 Å². The molecular formula is C40H70N6O8. The first-order valence-electron chi connectivity index (χ1n) is 19.4. The van der Waals surface area contributed by atoms with Gasteiger partial charge in [-0.15, -0.1) is 0 Å². The van der Waals surface area contributed by atoms with Crippen molar-refractivity contribution in [1.29, 1.82) is 0 Å². The number of hydroxylamine groups is 1. The Morgan fingerprint density at radius 3 is 2.04 bits per heavy atom. The Balaban J connectivity index is 0.00000469. The lowest BCUT2D eigenvalue weighted by Crippen LogP contribution is -2.55. The molecule has 0 saturated carbocycles. The molecule has 14 nitrogen and oxygen atoms in total. The Bertz CT molecular complexity index is 1290. The number of benzene rings is 1. The summed E-state index contributed by atoms with van der Waals surface area (Å²) in [5, 5.41) is 14.9. The molecule has 1 aromatic carbocycles. The van der Waals surface area contributed by atoms with Gasteiger partial charge in [0.2, 0.25) is 23.6 Å². The molecule has 0 aliphatic carbocycles. The second kappa shape index (κ2) is 24.7. The molecule has 0 spiro atoms. The first-order chi connectivity index (χ1) is 25.5. The van der Waals surface area contributed by atoms with E-state index in [0.29, 0.717) is 19.4 Å². The molecule has 54 heavy (non-hydrogen) atoms. The lowest BCUT2D eigenvalue weighted by Gasteiger charge is -2.39. The summed E-state index contributed by atoms with van der Waals surface area (Å²) in [6, 6.07) is 6.87. The van der Waals surface area contributed by atoms with Gasteiger partial charge in [0.05, 0.1) is 49.2 Å². The van der Waals surface area contributed by atoms with E-state index in [-0.39, 0.29) is 55.0 Å². The zero-order valence-corrected chi connectivity index (χ0v) is 34.9. The molecule has 0 bridgehead atoms. The summed E-state index contributed by atoms with van der Waals surface area (Å²) in [7, 11) is 8.35. The smallest absolute Gasteiger partial charge is 0.266 e. The second-order valence-corrected chi connectivity index (χ2v) is 14.9. The number of methoxy groups -OCH3 is 2. The van der Waals surface area contributed by atoms with Crippen molar-refractivity contribution in [3.63, 3.8) is 0 Å². The molecule has 1 aliphatic rings. The molecule has 8 unspecified atom stereocenters. The Hall–Kier alpha value is -3.59. The molecule has 1 aromatic rings. The Morgan fingerprint density at radius 1 is 0.926 bits per heavy atom. The van der Waals surface area contributed by atoms with Crippen LogP contribution in [0.25, 0.3) is 0 Å². The number of nitrogens with zero attached hydrogens (tertiary/aromatic N) is 3. The van der Waals surface area contributed by atoms with Crippen molar-refractivity contribution in [2.45, 2.75) is 123 Å². The summed E-state index contributed by atoms with van der Waals surface area (Å²) < 4.78 is 11.8. The number of carbonyl (C=O) groups excluding carboxylic acids is 5. The maximum absolute atomic E-state index is 14.0. The number of amides is 5. The van der Waals surface area contributed by atoms with Crippen LogP contribution in [-0.2, 0) is 39.9 Å². The fourth-order valence-corrected chi connectivity index (χ4v) is 7.29. The first kappa shape index (κ1) is 48.4. The lowest BCUT2D eigenvalue weighted by atomic mass is 9.90. The molecule has 1 aliphatic heterocycles. The number of likely N-dealkylation sites (tertiary alicyclic amines) is 1. The van der Waals surface area contributed by atoms with Gasteiger partial charge in [-0.05, 0) is 44.3 Å². The summed E-state index contributed by atoms with van der Waals surface area (Å²) >= 11 is 0. The minimum atomic E-state index is -1.02. The van der Waals surface area contributed by atoms with E-state index < -0.39 is 48.1 Å². The minimum absolute atomic E-state index is 0.00509. The van der Waals surface area contributed by atoms with Gasteiger partial charge >= 0.3 is 0 Å². The van der Waals surface area contributed by atoms with Gasteiger partial charge in [0.25, 0.3) is 5.91 Å². The van der Waals surface area contributed by atoms with Crippen molar-refractivity contribution in [2.75, 3.05) is 48.5 Å². The fraction of sp³-hybridized carbons (Fsp3) is 0.725. The SMILES string of the molecule is CCC.CCC(C)C(C(CC(=O)N1CCCC1C(OC)C(C)C(=O)NC(Cc1ccccc1)C(=O)NO)OC)N(C)C(=O)CNC(=O)C(C(C)C)N(C)C. The summed E-state index contributed by atoms with van der Waals surface area (Å²) in [4.78, 5) is 71.5. The number of hydrogen-bond acceptors (Lipinski definition) is 9. The molecule has 5 amide bonds. The number of rotatable bonds is 20. The highest BCUT2D eigenvalue weighted by Gasteiger charge is 2.42. The van der Waals surface area contributed by atoms with E-state index in [1.54, 1.807) is 29.3 Å². The molecule has 1 fully saturated rings. The molecule has 0 radical (unpaired) electrons. The molecule has 308 valence electrons. The van der Waals surface area contributed by atoms with Gasteiger partial charge in [-0.1, -0.05) is 91.6 Å². The van der Waals surface area contributed by atoms with E-state index in [9.17, 15) is 29.2 Å². The zero-order valence-electron chi connectivity index (χ0n) is 34.9. The van der Waals surface area contributed by atoms with E-state index in [4.69, 9.17) is 9.47 Å². The summed E-state index contributed by atoms with van der Waals surface area (Å²) in [6.07, 6.45) is 2.15. The number of ether oxygens (including phenoxy) is 2. The van der Waals surface area contributed by atoms with Crippen molar-refractivity contribution in [1.82, 2.24) is 30.8 Å². The summed E-state index contributed by atoms with van der Waals surface area (Å²) in [5.74, 6) is -2.61. The van der Waals surface area contributed by atoms with Crippen LogP contribution in [0.2, 0.25) is 0 Å². The highest BCUT2D eigenvalue weighted by molar-refractivity contribution is 5.89. The van der Waals surface area contributed by atoms with E-state index in [1.807, 2.05) is 77.0 Å². The zero-order chi connectivity index (χ0) is 41.1. The predicted octanol–water partition coefficient (Wildman–Crippen LogP) is 3.26. The van der Waals surface area contributed by atoms with Crippen LogP contribution >= 0.6 is 0 Å². The number of nitrogens with one attached hydrogen (secondary N) is 3. The normalized spacial score (nSPS) is 18.0. The van der Waals surface area contributed by atoms with Gasteiger partial charge in [0.15, 0.2) is 0 Å². The van der Waals surface area contributed by atoms with Gasteiger partial charge in [-0.2, -0.15) is 0 Å². The molecule has 1 heterocycles. The van der Waals surface area contributed by atoms with Crippen LogP contribution in [0.15, 0.2) is 30.3 Å². The van der Waals surface area contributed by atoms with Crippen LogP contribution in [0.1, 0.15) is 86.1 Å². The number of likely N-dealkylation sites (N-methyl/N-ethyl adjacent to an activating group) is 2. The van der Waals surface area contributed by atoms with Gasteiger partial charge < -0.3 is 29.9 Å². The highest BCUT2D eigenvalue weighted by atomic mass is 16.5. The quantitative estimate of drug-likeness (QED) is 0.115. The van der Waals surface area contributed by atoms with Crippen LogP contribution in [-0.4, -0.2) is 134 Å². The molecular weight excluding hydrogens is 692 g/mol. The molecule has 8 atom stereocenters. The third-order valence-corrected chi connectivity index (χ3v) is 10.2. The monoisotopic (exact) mass is 763 g/mol. The van der Waals surface area contributed by atoms with E-state index >= 15 is 0 Å². The maximum Gasteiger partial charge on any atom is 0.266 e. The van der Waals surface area contributed by atoms with Crippen molar-refractivity contribution < 1.29 is 38.7 Å². The van der Waals surface area contributed by atoms with Crippen LogP contribution in [0, 0.1) is 17.8 Å². The Morgan fingerprint density at radius 2 is 1.54 bits per heavy atom. The fourth-order valence-electron chi connectivity index (χ4n) is 7.29. The van der Waals surface area contributed by atoms with Crippen LogP contribution < -0.4 is 16.1 Å². The molecule has 2 rings (SSSR count). The van der Waals surface area contributed by atoms with Crippen LogP contribution in [0.5, 0.6) is 0 Å². The topological polar surface area (TPSA) is 170 Å². The third kappa shape index (κ3) is 14.2. The van der Waals surface area contributed by atoms with Gasteiger partial charge in [0, 0.05) is 34.2 Å². The lowest BCUT2D eigenvalue weighted by molar-refractivity contribution is -0.146. The van der Waals surface area contributed by atoms with Gasteiger partial charge in [0.1, 0.15) is 6.04 Å². The third-order valence-electron chi connectivity index (χ3n) is 10.2. The Labute approximate surface area is 324 Å². The number of carbonyl (C=O) groups is 5. The maximum atomic E-state index is 14.0. The highest BCUT2D eigenvalue weighted by Crippen LogP contribution is 2.29. The average molecular weight is 763 g/mol. The molecule has 14 heteroatoms. The van der Waals surface area contributed by atoms with Crippen molar-refractivity contribution >= 4 is 29.5 Å². The second-order valence-electron chi connectivity index (χ2n) is 14.9. The average Bonchev–Trinajstić information content (AvgIpc) is 3.63. The van der Waals surface area contributed by atoms with Crippen molar-refractivity contribution in [3.8, 4) is 0 Å². The van der Waals surface area contributed by atoms with E-state index in [0.717, 1.165) is 12.0 Å². The van der Waals surface area contributed by atoms with Crippen LogP contribution in [0.3, 0.4) is 0 Å².